The molecule has 2 atom stereocenters. The molecule has 2 aliphatic rings. The normalized spacial score (nSPS) is 20.9. The van der Waals surface area contributed by atoms with Gasteiger partial charge in [0.25, 0.3) is 5.78 Å². The number of aliphatic hydroxyl groups excluding tert-OH is 1. The molecule has 1 amide bonds. The fraction of sp³-hybridized carbons (Fsp3) is 0.154. The van der Waals surface area contributed by atoms with Gasteiger partial charge in [-0.2, -0.15) is 0 Å². The number of nitrogens with zero attached hydrogens (tertiary/aromatic N) is 3. The first-order valence-electron chi connectivity index (χ1n) is 11.0. The number of carbonyl (C=O) groups excluding carboxylic acids is 2. The lowest BCUT2D eigenvalue weighted by atomic mass is 9.95. The highest BCUT2D eigenvalue weighted by Crippen LogP contribution is 2.44. The second kappa shape index (κ2) is 7.99. The van der Waals surface area contributed by atoms with Crippen molar-refractivity contribution in [2.45, 2.75) is 25.5 Å². The van der Waals surface area contributed by atoms with Gasteiger partial charge in [0.1, 0.15) is 23.4 Å². The van der Waals surface area contributed by atoms with Crippen LogP contribution in [0.2, 0.25) is 0 Å². The third kappa shape index (κ3) is 3.47. The molecular formula is C26H18FN3O4S. The Hall–Kier alpha value is -4.11. The third-order valence-electron chi connectivity index (χ3n) is 6.16. The van der Waals surface area contributed by atoms with E-state index >= 15 is 0 Å². The van der Waals surface area contributed by atoms with E-state index in [9.17, 15) is 19.1 Å². The SMILES string of the molecule is CC1Cc2cc(/C(O)=C3/C(=O)C(=O)N(c4nc5ccc(F)cc5s4)C3c3cccnc3)ccc2O1. The number of fused-ring (bicyclic) bond motifs is 2. The van der Waals surface area contributed by atoms with Crippen LogP contribution in [0.1, 0.15) is 29.7 Å². The number of anilines is 1. The summed E-state index contributed by atoms with van der Waals surface area (Å²) in [5, 5.41) is 11.6. The largest absolute Gasteiger partial charge is 0.507 e. The molecular weight excluding hydrogens is 469 g/mol. The van der Waals surface area contributed by atoms with Gasteiger partial charge in [-0.3, -0.25) is 19.5 Å². The number of aromatic nitrogens is 2. The van der Waals surface area contributed by atoms with Crippen LogP contribution in [0.5, 0.6) is 5.75 Å². The minimum Gasteiger partial charge on any atom is -0.507 e. The van der Waals surface area contributed by atoms with E-state index in [-0.39, 0.29) is 22.6 Å². The molecule has 6 rings (SSSR count). The monoisotopic (exact) mass is 487 g/mol. The van der Waals surface area contributed by atoms with E-state index in [4.69, 9.17) is 4.74 Å². The molecule has 1 N–H and O–H groups in total. The predicted octanol–water partition coefficient (Wildman–Crippen LogP) is 4.78. The van der Waals surface area contributed by atoms with Gasteiger partial charge in [-0.25, -0.2) is 9.37 Å². The zero-order valence-corrected chi connectivity index (χ0v) is 19.3. The maximum absolute atomic E-state index is 13.8. The van der Waals surface area contributed by atoms with E-state index in [1.54, 1.807) is 42.7 Å². The molecule has 1 saturated heterocycles. The Kier molecular flexibility index (Phi) is 4.89. The lowest BCUT2D eigenvalue weighted by Crippen LogP contribution is -2.29. The van der Waals surface area contributed by atoms with E-state index in [0.717, 1.165) is 22.6 Å². The van der Waals surface area contributed by atoms with Crippen molar-refractivity contribution in [3.8, 4) is 5.75 Å². The highest BCUT2D eigenvalue weighted by atomic mass is 32.1. The van der Waals surface area contributed by atoms with Gasteiger partial charge in [-0.1, -0.05) is 17.4 Å². The minimum absolute atomic E-state index is 0.0206. The average molecular weight is 488 g/mol. The number of thiazole rings is 1. The van der Waals surface area contributed by atoms with Crippen LogP contribution >= 0.6 is 11.3 Å². The first-order valence-corrected chi connectivity index (χ1v) is 11.8. The summed E-state index contributed by atoms with van der Waals surface area (Å²) in [6, 6.07) is 11.8. The number of hydrogen-bond acceptors (Lipinski definition) is 7. The summed E-state index contributed by atoms with van der Waals surface area (Å²) in [6.45, 7) is 1.96. The van der Waals surface area contributed by atoms with Crippen molar-refractivity contribution in [2.24, 2.45) is 0 Å². The Bertz CT molecular complexity index is 1550. The molecule has 4 heterocycles. The molecule has 1 fully saturated rings. The van der Waals surface area contributed by atoms with E-state index in [1.165, 1.54) is 23.1 Å². The summed E-state index contributed by atoms with van der Waals surface area (Å²) < 4.78 is 20.0. The van der Waals surface area contributed by atoms with Crippen molar-refractivity contribution >= 4 is 44.1 Å². The predicted molar refractivity (Wildman–Crippen MR) is 129 cm³/mol. The fourth-order valence-electron chi connectivity index (χ4n) is 4.60. The smallest absolute Gasteiger partial charge is 0.301 e. The van der Waals surface area contributed by atoms with Crippen molar-refractivity contribution in [2.75, 3.05) is 4.90 Å². The first-order chi connectivity index (χ1) is 16.9. The summed E-state index contributed by atoms with van der Waals surface area (Å²) in [6.07, 6.45) is 3.83. The molecule has 35 heavy (non-hydrogen) atoms. The van der Waals surface area contributed by atoms with Gasteiger partial charge in [0.2, 0.25) is 0 Å². The lowest BCUT2D eigenvalue weighted by molar-refractivity contribution is -0.132. The highest BCUT2D eigenvalue weighted by Gasteiger charge is 2.48. The fourth-order valence-corrected chi connectivity index (χ4v) is 5.61. The molecule has 9 heteroatoms. The Morgan fingerprint density at radius 1 is 1.20 bits per heavy atom. The summed E-state index contributed by atoms with van der Waals surface area (Å²) >= 11 is 1.10. The Labute approximate surface area is 203 Å². The summed E-state index contributed by atoms with van der Waals surface area (Å²) in [4.78, 5) is 36.5. The van der Waals surface area contributed by atoms with E-state index in [2.05, 4.69) is 9.97 Å². The van der Waals surface area contributed by atoms with Gasteiger partial charge in [0.15, 0.2) is 5.13 Å². The quantitative estimate of drug-likeness (QED) is 0.254. The molecule has 2 aromatic heterocycles. The molecule has 2 aliphatic heterocycles. The van der Waals surface area contributed by atoms with Crippen LogP contribution in [0.3, 0.4) is 0 Å². The number of Topliss-reactive ketones (excluding diaryl/α,β-unsaturated/α-hetero) is 1. The molecule has 7 nitrogen and oxygen atoms in total. The molecule has 0 bridgehead atoms. The number of halogens is 1. The number of ether oxygens (including phenoxy) is 1. The Balaban J connectivity index is 1.53. The van der Waals surface area contributed by atoms with Crippen molar-refractivity contribution < 1.29 is 23.8 Å². The summed E-state index contributed by atoms with van der Waals surface area (Å²) in [7, 11) is 0. The standard InChI is InChI=1S/C26H18FN3O4S/c1-13-9-16-10-14(4-7-19(16)34-13)23(31)21-22(15-3-2-8-28-12-15)30(25(33)24(21)32)26-29-18-6-5-17(27)11-20(18)35-26/h2-8,10-13,22,31H,9H2,1H3/b23-21-. The lowest BCUT2D eigenvalue weighted by Gasteiger charge is -2.22. The van der Waals surface area contributed by atoms with Crippen LogP contribution < -0.4 is 9.64 Å². The second-order valence-corrected chi connectivity index (χ2v) is 9.53. The van der Waals surface area contributed by atoms with Crippen molar-refractivity contribution in [1.82, 2.24) is 9.97 Å². The van der Waals surface area contributed by atoms with Crippen LogP contribution in [0.25, 0.3) is 16.0 Å². The van der Waals surface area contributed by atoms with Crippen LogP contribution in [-0.2, 0) is 16.0 Å². The number of hydrogen-bond donors (Lipinski definition) is 1. The van der Waals surface area contributed by atoms with Crippen molar-refractivity contribution in [3.63, 3.8) is 0 Å². The molecule has 0 aliphatic carbocycles. The molecule has 0 saturated carbocycles. The van der Waals surface area contributed by atoms with Crippen molar-refractivity contribution in [3.05, 3.63) is 89.0 Å². The van der Waals surface area contributed by atoms with Crippen LogP contribution in [-0.4, -0.2) is 32.9 Å². The maximum Gasteiger partial charge on any atom is 0.301 e. The molecule has 0 radical (unpaired) electrons. The second-order valence-electron chi connectivity index (χ2n) is 8.52. The number of benzene rings is 2. The molecule has 4 aromatic rings. The van der Waals surface area contributed by atoms with Gasteiger partial charge in [-0.05, 0) is 60.5 Å². The average Bonchev–Trinajstić information content (AvgIpc) is 3.51. The van der Waals surface area contributed by atoms with E-state index in [1.807, 2.05) is 6.92 Å². The number of ketones is 1. The van der Waals surface area contributed by atoms with E-state index in [0.29, 0.717) is 27.8 Å². The molecule has 2 aromatic carbocycles. The molecule has 2 unspecified atom stereocenters. The molecule has 0 spiro atoms. The Morgan fingerprint density at radius 3 is 2.86 bits per heavy atom. The summed E-state index contributed by atoms with van der Waals surface area (Å²) in [5.41, 5.74) is 2.32. The zero-order valence-electron chi connectivity index (χ0n) is 18.4. The Morgan fingerprint density at radius 2 is 2.06 bits per heavy atom. The number of aliphatic hydroxyl groups is 1. The minimum atomic E-state index is -0.947. The maximum atomic E-state index is 13.8. The number of carbonyl (C=O) groups is 2. The third-order valence-corrected chi connectivity index (χ3v) is 7.18. The zero-order chi connectivity index (χ0) is 24.3. The van der Waals surface area contributed by atoms with Crippen LogP contribution in [0, 0.1) is 5.82 Å². The van der Waals surface area contributed by atoms with Crippen molar-refractivity contribution in [1.29, 1.82) is 0 Å². The van der Waals surface area contributed by atoms with E-state index < -0.39 is 23.5 Å². The summed E-state index contributed by atoms with van der Waals surface area (Å²) in [5.74, 6) is -1.62. The number of amides is 1. The van der Waals surface area contributed by atoms with Gasteiger partial charge in [-0.15, -0.1) is 0 Å². The van der Waals surface area contributed by atoms with Crippen LogP contribution in [0.15, 0.2) is 66.5 Å². The highest BCUT2D eigenvalue weighted by molar-refractivity contribution is 7.22. The number of pyridine rings is 1. The molecule has 174 valence electrons. The first kappa shape index (κ1) is 21.4. The number of rotatable bonds is 3. The van der Waals surface area contributed by atoms with Gasteiger partial charge in [0, 0.05) is 24.4 Å². The topological polar surface area (TPSA) is 92.6 Å². The van der Waals surface area contributed by atoms with Gasteiger partial charge in [0.05, 0.1) is 21.8 Å². The van der Waals surface area contributed by atoms with Crippen LogP contribution in [0.4, 0.5) is 9.52 Å². The van der Waals surface area contributed by atoms with Gasteiger partial charge >= 0.3 is 5.91 Å². The van der Waals surface area contributed by atoms with Gasteiger partial charge < -0.3 is 9.84 Å².